The average molecular weight is 159 g/mol. The van der Waals surface area contributed by atoms with Crippen molar-refractivity contribution >= 4 is 21.2 Å². The lowest BCUT2D eigenvalue weighted by molar-refractivity contribution is -0.136. The van der Waals surface area contributed by atoms with Gasteiger partial charge >= 0.3 is 5.97 Å². The highest BCUT2D eigenvalue weighted by Gasteiger charge is 1.80. The summed E-state index contributed by atoms with van der Waals surface area (Å²) in [5.74, 6) is -0.745. The van der Waals surface area contributed by atoms with Gasteiger partial charge in [-0.15, -0.1) is 10.6 Å². The molecule has 2 nitrogen and oxygen atoms in total. The fraction of sp³-hybridized carbons (Fsp3) is 0.857. The van der Waals surface area contributed by atoms with Gasteiger partial charge in [0.25, 0.3) is 0 Å². The maximum absolute atomic E-state index is 9.37. The second-order valence-corrected chi connectivity index (χ2v) is 4.06. The van der Waals surface area contributed by atoms with Gasteiger partial charge in [-0.1, -0.05) is 20.8 Å². The molecule has 59 valence electrons. The van der Waals surface area contributed by atoms with Crippen LogP contribution >= 0.6 is 0 Å². The van der Waals surface area contributed by atoms with Gasteiger partial charge in [-0.2, -0.15) is 0 Å². The Hall–Kier alpha value is 0.00247. The van der Waals surface area contributed by atoms with Crippen LogP contribution in [0.25, 0.3) is 0 Å². The van der Waals surface area contributed by atoms with Crippen LogP contribution in [-0.4, -0.2) is 26.3 Å². The third-order valence-corrected chi connectivity index (χ3v) is 2.03. The SMILES string of the molecule is CCC(=O)O.C[CH2][Al][CH2]C. The zero-order valence-electron chi connectivity index (χ0n) is 7.05. The molecule has 0 spiro atoms. The summed E-state index contributed by atoms with van der Waals surface area (Å²) in [5.41, 5.74) is 0. The third-order valence-electron chi connectivity index (χ3n) is 0.880. The first-order chi connectivity index (χ1) is 4.68. The molecule has 0 aromatic heterocycles. The molecule has 0 aliphatic heterocycles. The predicted octanol–water partition coefficient (Wildman–Crippen LogP) is 2.05. The lowest BCUT2D eigenvalue weighted by Gasteiger charge is -1.74. The smallest absolute Gasteiger partial charge is 0.303 e. The molecule has 0 unspecified atom stereocenters. The largest absolute Gasteiger partial charge is 0.481 e. The molecule has 0 amide bonds. The Kier molecular flexibility index (Phi) is 14.9. The highest BCUT2D eigenvalue weighted by atomic mass is 27.1. The summed E-state index contributed by atoms with van der Waals surface area (Å²) in [5, 5.41) is 10.6. The Labute approximate surface area is 69.3 Å². The summed E-state index contributed by atoms with van der Waals surface area (Å²) < 4.78 is 0. The lowest BCUT2D eigenvalue weighted by Crippen LogP contribution is -1.86. The molecule has 0 saturated heterocycles. The summed E-state index contributed by atoms with van der Waals surface area (Å²) in [6, 6.07) is 0. The van der Waals surface area contributed by atoms with E-state index in [1.807, 2.05) is 0 Å². The summed E-state index contributed by atoms with van der Waals surface area (Å²) in [6.07, 6.45) is 0.222. The fourth-order valence-corrected chi connectivity index (χ4v) is 0.866. The first-order valence-corrected chi connectivity index (χ1v) is 5.35. The van der Waals surface area contributed by atoms with Crippen LogP contribution in [0.1, 0.15) is 27.2 Å². The highest BCUT2D eigenvalue weighted by Crippen LogP contribution is 1.77. The molecule has 0 aromatic rings. The third kappa shape index (κ3) is 24.5. The van der Waals surface area contributed by atoms with Gasteiger partial charge < -0.3 is 5.11 Å². The van der Waals surface area contributed by atoms with Gasteiger partial charge in [0.15, 0.2) is 15.2 Å². The zero-order valence-corrected chi connectivity index (χ0v) is 8.21. The number of hydrogen-bond acceptors (Lipinski definition) is 1. The quantitative estimate of drug-likeness (QED) is 0.640. The Morgan fingerprint density at radius 2 is 1.60 bits per heavy atom. The first-order valence-electron chi connectivity index (χ1n) is 3.72. The van der Waals surface area contributed by atoms with Gasteiger partial charge in [0.05, 0.1) is 0 Å². The molecule has 10 heavy (non-hydrogen) atoms. The van der Waals surface area contributed by atoms with E-state index >= 15 is 0 Å². The normalized spacial score (nSPS) is 7.50. The fourth-order valence-electron chi connectivity index (χ4n) is 0.289. The van der Waals surface area contributed by atoms with Gasteiger partial charge in [-0.05, 0) is 0 Å². The summed E-state index contributed by atoms with van der Waals surface area (Å²) in [7, 11) is 0. The van der Waals surface area contributed by atoms with Crippen LogP contribution in [0, 0.1) is 0 Å². The topological polar surface area (TPSA) is 37.3 Å². The minimum Gasteiger partial charge on any atom is -0.481 e. The van der Waals surface area contributed by atoms with E-state index in [1.54, 1.807) is 6.92 Å². The van der Waals surface area contributed by atoms with E-state index < -0.39 is 5.97 Å². The second-order valence-electron chi connectivity index (χ2n) is 1.85. The van der Waals surface area contributed by atoms with Crippen LogP contribution in [0.3, 0.4) is 0 Å². The lowest BCUT2D eigenvalue weighted by atomic mass is 10.5. The number of rotatable bonds is 3. The van der Waals surface area contributed by atoms with Gasteiger partial charge in [0.1, 0.15) is 0 Å². The Bertz CT molecular complexity index is 72.0. The van der Waals surface area contributed by atoms with Crippen molar-refractivity contribution in [3.8, 4) is 0 Å². The molecular formula is C7H16AlO2. The minimum absolute atomic E-state index is 0.222. The van der Waals surface area contributed by atoms with Gasteiger partial charge in [-0.3, -0.25) is 4.79 Å². The summed E-state index contributed by atoms with van der Waals surface area (Å²) in [4.78, 5) is 9.37. The van der Waals surface area contributed by atoms with Crippen LogP contribution in [0.4, 0.5) is 0 Å². The van der Waals surface area contributed by atoms with Crippen LogP contribution < -0.4 is 0 Å². The maximum Gasteiger partial charge on any atom is 0.303 e. The van der Waals surface area contributed by atoms with Crippen molar-refractivity contribution in [1.82, 2.24) is 0 Å². The molecule has 0 atom stereocenters. The van der Waals surface area contributed by atoms with E-state index in [0.29, 0.717) is 0 Å². The molecule has 0 aliphatic rings. The molecular weight excluding hydrogens is 143 g/mol. The summed E-state index contributed by atoms with van der Waals surface area (Å²) in [6.45, 7) is 6.10. The Morgan fingerprint density at radius 1 is 1.30 bits per heavy atom. The van der Waals surface area contributed by atoms with Crippen LogP contribution in [0.15, 0.2) is 0 Å². The standard InChI is InChI=1S/C3H6O2.2C2H5.Al/c1-2-3(4)5;2*1-2;/h2H2,1H3,(H,4,5);2*1H2,2H3;. The monoisotopic (exact) mass is 159 g/mol. The van der Waals surface area contributed by atoms with Crippen LogP contribution in [0.2, 0.25) is 10.6 Å². The highest BCUT2D eigenvalue weighted by molar-refractivity contribution is 6.34. The first kappa shape index (κ1) is 12.7. The maximum atomic E-state index is 9.37. The molecule has 1 radical (unpaired) electrons. The average Bonchev–Trinajstić information content (AvgIpc) is 1.91. The van der Waals surface area contributed by atoms with Crippen molar-refractivity contribution in [2.24, 2.45) is 0 Å². The van der Waals surface area contributed by atoms with Gasteiger partial charge in [0.2, 0.25) is 0 Å². The van der Waals surface area contributed by atoms with E-state index in [1.165, 1.54) is 10.6 Å². The van der Waals surface area contributed by atoms with Crippen molar-refractivity contribution in [3.05, 3.63) is 0 Å². The number of carboxylic acids is 1. The molecule has 0 bridgehead atoms. The predicted molar refractivity (Wildman–Crippen MR) is 44.6 cm³/mol. The Balaban J connectivity index is 0. The molecule has 0 fully saturated rings. The minimum atomic E-state index is -0.745. The number of hydrogen-bond donors (Lipinski definition) is 1. The molecule has 0 rings (SSSR count). The van der Waals surface area contributed by atoms with E-state index in [4.69, 9.17) is 5.11 Å². The van der Waals surface area contributed by atoms with E-state index in [9.17, 15) is 4.79 Å². The molecule has 1 N–H and O–H groups in total. The second kappa shape index (κ2) is 11.8. The molecule has 0 aromatic carbocycles. The molecule has 0 saturated carbocycles. The van der Waals surface area contributed by atoms with Gasteiger partial charge in [-0.25, -0.2) is 0 Å². The van der Waals surface area contributed by atoms with Gasteiger partial charge in [0, 0.05) is 6.42 Å². The van der Waals surface area contributed by atoms with E-state index in [-0.39, 0.29) is 6.42 Å². The molecule has 0 heterocycles. The van der Waals surface area contributed by atoms with Crippen LogP contribution in [-0.2, 0) is 4.79 Å². The van der Waals surface area contributed by atoms with Crippen molar-refractivity contribution in [2.75, 3.05) is 0 Å². The summed E-state index contributed by atoms with van der Waals surface area (Å²) >= 11 is 0.815. The van der Waals surface area contributed by atoms with Crippen molar-refractivity contribution in [2.45, 2.75) is 37.8 Å². The zero-order chi connectivity index (χ0) is 8.41. The van der Waals surface area contributed by atoms with Crippen LogP contribution in [0.5, 0.6) is 0 Å². The molecule has 3 heteroatoms. The molecule has 0 aliphatic carbocycles. The van der Waals surface area contributed by atoms with E-state index in [0.717, 1.165) is 15.2 Å². The van der Waals surface area contributed by atoms with Crippen molar-refractivity contribution < 1.29 is 9.90 Å². The van der Waals surface area contributed by atoms with Crippen molar-refractivity contribution in [1.29, 1.82) is 0 Å². The number of aliphatic carboxylic acids is 1. The van der Waals surface area contributed by atoms with E-state index in [2.05, 4.69) is 13.8 Å². The Morgan fingerprint density at radius 3 is 1.60 bits per heavy atom. The van der Waals surface area contributed by atoms with Crippen molar-refractivity contribution in [3.63, 3.8) is 0 Å². The number of carboxylic acid groups (broad SMARTS) is 1. The number of carbonyl (C=O) groups is 1.